The molecule has 132 valence electrons. The third kappa shape index (κ3) is 3.75. The Kier molecular flexibility index (Phi) is 5.32. The van der Waals surface area contributed by atoms with Crippen LogP contribution in [0.25, 0.3) is 0 Å². The lowest BCUT2D eigenvalue weighted by molar-refractivity contribution is 0.102. The molecule has 0 saturated heterocycles. The molecule has 1 N–H and O–H groups in total. The number of nitrogens with zero attached hydrogens (tertiary/aromatic N) is 2. The number of carbonyl (C=O) groups excluding carboxylic acids is 1. The fourth-order valence-electron chi connectivity index (χ4n) is 2.88. The van der Waals surface area contributed by atoms with Crippen molar-refractivity contribution < 1.29 is 4.79 Å². The minimum Gasteiger partial charge on any atom is -0.341 e. The van der Waals surface area contributed by atoms with E-state index in [1.165, 1.54) is 0 Å². The quantitative estimate of drug-likeness (QED) is 0.699. The number of hydrogen-bond acceptors (Lipinski definition) is 3. The van der Waals surface area contributed by atoms with Crippen LogP contribution in [0.4, 0.5) is 17.1 Å². The standard InChI is InChI=1S/C22H23N3O/c1-4-25(18-10-6-5-7-11-18)19-13-14-21(23-15-19)22(26)24-20-12-8-9-16(2)17(20)3/h5-15H,4H2,1-3H3,(H,24,26). The Morgan fingerprint density at radius 2 is 1.73 bits per heavy atom. The summed E-state index contributed by atoms with van der Waals surface area (Å²) in [5.41, 5.74) is 5.50. The number of para-hydroxylation sites is 1. The van der Waals surface area contributed by atoms with Gasteiger partial charge in [0.05, 0.1) is 11.9 Å². The lowest BCUT2D eigenvalue weighted by Crippen LogP contribution is -2.18. The molecular formula is C22H23N3O. The number of aromatic nitrogens is 1. The Hall–Kier alpha value is -3.14. The summed E-state index contributed by atoms with van der Waals surface area (Å²) in [6, 6.07) is 19.7. The number of benzene rings is 2. The average Bonchev–Trinajstić information content (AvgIpc) is 2.67. The van der Waals surface area contributed by atoms with Crippen LogP contribution in [0.2, 0.25) is 0 Å². The van der Waals surface area contributed by atoms with Crippen molar-refractivity contribution >= 4 is 23.0 Å². The van der Waals surface area contributed by atoms with Gasteiger partial charge >= 0.3 is 0 Å². The molecule has 4 nitrogen and oxygen atoms in total. The first-order chi connectivity index (χ1) is 12.6. The Morgan fingerprint density at radius 1 is 0.962 bits per heavy atom. The van der Waals surface area contributed by atoms with Gasteiger partial charge in [-0.15, -0.1) is 0 Å². The van der Waals surface area contributed by atoms with Crippen LogP contribution in [-0.4, -0.2) is 17.4 Å². The number of amides is 1. The zero-order valence-corrected chi connectivity index (χ0v) is 15.4. The zero-order chi connectivity index (χ0) is 18.5. The second-order valence-corrected chi connectivity index (χ2v) is 6.18. The maximum atomic E-state index is 12.5. The van der Waals surface area contributed by atoms with Crippen LogP contribution < -0.4 is 10.2 Å². The Balaban J connectivity index is 1.78. The van der Waals surface area contributed by atoms with E-state index >= 15 is 0 Å². The maximum absolute atomic E-state index is 12.5. The molecule has 0 aliphatic carbocycles. The number of anilines is 3. The van der Waals surface area contributed by atoms with Crippen molar-refractivity contribution in [2.75, 3.05) is 16.8 Å². The monoisotopic (exact) mass is 345 g/mol. The van der Waals surface area contributed by atoms with Gasteiger partial charge in [-0.05, 0) is 62.2 Å². The highest BCUT2D eigenvalue weighted by Gasteiger charge is 2.12. The van der Waals surface area contributed by atoms with Gasteiger partial charge in [-0.1, -0.05) is 30.3 Å². The Labute approximate surface area is 154 Å². The number of aryl methyl sites for hydroxylation is 1. The van der Waals surface area contributed by atoms with Crippen molar-refractivity contribution in [3.05, 3.63) is 83.7 Å². The van der Waals surface area contributed by atoms with Gasteiger partial charge in [0.25, 0.3) is 5.91 Å². The molecule has 0 radical (unpaired) electrons. The maximum Gasteiger partial charge on any atom is 0.274 e. The topological polar surface area (TPSA) is 45.2 Å². The van der Waals surface area contributed by atoms with Gasteiger partial charge in [-0.25, -0.2) is 4.98 Å². The van der Waals surface area contributed by atoms with Crippen molar-refractivity contribution in [3.8, 4) is 0 Å². The summed E-state index contributed by atoms with van der Waals surface area (Å²) >= 11 is 0. The van der Waals surface area contributed by atoms with Crippen molar-refractivity contribution in [1.29, 1.82) is 0 Å². The Morgan fingerprint density at radius 3 is 2.38 bits per heavy atom. The predicted octanol–water partition coefficient (Wildman–Crippen LogP) is 5.11. The molecule has 0 aliphatic rings. The van der Waals surface area contributed by atoms with E-state index in [1.54, 1.807) is 12.3 Å². The van der Waals surface area contributed by atoms with Gasteiger partial charge in [0.2, 0.25) is 0 Å². The smallest absolute Gasteiger partial charge is 0.274 e. The van der Waals surface area contributed by atoms with E-state index in [9.17, 15) is 4.79 Å². The van der Waals surface area contributed by atoms with Gasteiger partial charge in [-0.3, -0.25) is 4.79 Å². The van der Waals surface area contributed by atoms with Crippen molar-refractivity contribution in [2.45, 2.75) is 20.8 Å². The van der Waals surface area contributed by atoms with Crippen LogP contribution in [0, 0.1) is 13.8 Å². The third-order valence-electron chi connectivity index (χ3n) is 4.53. The lowest BCUT2D eigenvalue weighted by Gasteiger charge is -2.23. The molecule has 0 bridgehead atoms. The highest BCUT2D eigenvalue weighted by molar-refractivity contribution is 6.03. The molecule has 4 heteroatoms. The van der Waals surface area contributed by atoms with Gasteiger partial charge in [0.15, 0.2) is 0 Å². The molecule has 0 unspecified atom stereocenters. The summed E-state index contributed by atoms with van der Waals surface area (Å²) in [7, 11) is 0. The first kappa shape index (κ1) is 17.7. The summed E-state index contributed by atoms with van der Waals surface area (Å²) in [5.74, 6) is -0.201. The zero-order valence-electron chi connectivity index (χ0n) is 15.4. The fraction of sp³-hybridized carbons (Fsp3) is 0.182. The van der Waals surface area contributed by atoms with E-state index in [2.05, 4.69) is 34.3 Å². The summed E-state index contributed by atoms with van der Waals surface area (Å²) in [4.78, 5) is 19.0. The molecule has 1 heterocycles. The van der Waals surface area contributed by atoms with E-state index in [4.69, 9.17) is 0 Å². The molecule has 3 aromatic rings. The molecule has 0 aliphatic heterocycles. The van der Waals surface area contributed by atoms with Crippen LogP contribution in [-0.2, 0) is 0 Å². The molecule has 3 rings (SSSR count). The molecule has 2 aromatic carbocycles. The van der Waals surface area contributed by atoms with Crippen LogP contribution in [0.5, 0.6) is 0 Å². The SMILES string of the molecule is CCN(c1ccccc1)c1ccc(C(=O)Nc2cccc(C)c2C)nc1. The second-order valence-electron chi connectivity index (χ2n) is 6.18. The lowest BCUT2D eigenvalue weighted by atomic mass is 10.1. The first-order valence-electron chi connectivity index (χ1n) is 8.76. The van der Waals surface area contributed by atoms with E-state index in [0.717, 1.165) is 34.7 Å². The van der Waals surface area contributed by atoms with E-state index in [-0.39, 0.29) is 5.91 Å². The first-order valence-corrected chi connectivity index (χ1v) is 8.76. The molecule has 0 atom stereocenters. The molecular weight excluding hydrogens is 322 g/mol. The molecule has 26 heavy (non-hydrogen) atoms. The normalized spacial score (nSPS) is 10.4. The number of hydrogen-bond donors (Lipinski definition) is 1. The Bertz CT molecular complexity index is 889. The van der Waals surface area contributed by atoms with Crippen LogP contribution >= 0.6 is 0 Å². The molecule has 1 amide bonds. The van der Waals surface area contributed by atoms with E-state index in [0.29, 0.717) is 5.69 Å². The van der Waals surface area contributed by atoms with Gasteiger partial charge < -0.3 is 10.2 Å². The number of pyridine rings is 1. The summed E-state index contributed by atoms with van der Waals surface area (Å²) < 4.78 is 0. The van der Waals surface area contributed by atoms with Gasteiger partial charge in [-0.2, -0.15) is 0 Å². The summed E-state index contributed by atoms with van der Waals surface area (Å²) in [5, 5.41) is 2.95. The van der Waals surface area contributed by atoms with Gasteiger partial charge in [0, 0.05) is 17.9 Å². The minimum atomic E-state index is -0.201. The minimum absolute atomic E-state index is 0.201. The second kappa shape index (κ2) is 7.83. The number of nitrogens with one attached hydrogen (secondary N) is 1. The van der Waals surface area contributed by atoms with Crippen LogP contribution in [0.3, 0.4) is 0 Å². The largest absolute Gasteiger partial charge is 0.341 e. The highest BCUT2D eigenvalue weighted by atomic mass is 16.1. The van der Waals surface area contributed by atoms with E-state index in [1.807, 2.05) is 56.3 Å². The molecule has 0 fully saturated rings. The van der Waals surface area contributed by atoms with Gasteiger partial charge in [0.1, 0.15) is 5.69 Å². The third-order valence-corrected chi connectivity index (χ3v) is 4.53. The highest BCUT2D eigenvalue weighted by Crippen LogP contribution is 2.24. The number of rotatable bonds is 5. The summed E-state index contributed by atoms with van der Waals surface area (Å²) in [6.45, 7) is 6.94. The molecule has 0 spiro atoms. The van der Waals surface area contributed by atoms with E-state index < -0.39 is 0 Å². The summed E-state index contributed by atoms with van der Waals surface area (Å²) in [6.07, 6.45) is 1.74. The van der Waals surface area contributed by atoms with Crippen molar-refractivity contribution in [3.63, 3.8) is 0 Å². The number of carbonyl (C=O) groups is 1. The van der Waals surface area contributed by atoms with Crippen LogP contribution in [0.15, 0.2) is 66.9 Å². The average molecular weight is 345 g/mol. The predicted molar refractivity (Wildman–Crippen MR) is 107 cm³/mol. The van der Waals surface area contributed by atoms with Crippen molar-refractivity contribution in [2.24, 2.45) is 0 Å². The molecule has 0 saturated carbocycles. The molecule has 1 aromatic heterocycles. The van der Waals surface area contributed by atoms with Crippen LogP contribution in [0.1, 0.15) is 28.5 Å². The fourth-order valence-corrected chi connectivity index (χ4v) is 2.88. The van der Waals surface area contributed by atoms with Crippen molar-refractivity contribution in [1.82, 2.24) is 4.98 Å².